The van der Waals surface area contributed by atoms with E-state index >= 15 is 0 Å². The Morgan fingerprint density at radius 2 is 1.67 bits per heavy atom. The largest absolute Gasteiger partial charge is 0.398 e. The second-order valence-electron chi connectivity index (χ2n) is 9.05. The SMILES string of the molecule is CO/N=C1\C(=O)N([Si](C)(C)C(C)(C)C)c2ccc(C(C)(C)C)cc21. The zero-order valence-corrected chi connectivity index (χ0v) is 17.4. The molecule has 1 aromatic rings. The zero-order chi connectivity index (χ0) is 18.5. The molecule has 0 saturated heterocycles. The van der Waals surface area contributed by atoms with Crippen LogP contribution in [0.25, 0.3) is 0 Å². The molecule has 0 bridgehead atoms. The number of hydrogen-bond acceptors (Lipinski definition) is 3. The van der Waals surface area contributed by atoms with Gasteiger partial charge in [0.25, 0.3) is 5.91 Å². The van der Waals surface area contributed by atoms with Gasteiger partial charge in [0.2, 0.25) is 0 Å². The van der Waals surface area contributed by atoms with E-state index in [1.165, 1.54) is 12.7 Å². The average molecular weight is 347 g/mol. The van der Waals surface area contributed by atoms with Crippen molar-refractivity contribution in [2.75, 3.05) is 11.7 Å². The van der Waals surface area contributed by atoms with Crippen molar-refractivity contribution in [2.24, 2.45) is 5.16 Å². The van der Waals surface area contributed by atoms with Gasteiger partial charge in [-0.15, -0.1) is 0 Å². The quantitative estimate of drug-likeness (QED) is 0.576. The van der Waals surface area contributed by atoms with Crippen molar-refractivity contribution in [3.63, 3.8) is 0 Å². The van der Waals surface area contributed by atoms with Gasteiger partial charge in [-0.05, 0) is 28.1 Å². The standard InChI is InChI=1S/C19H30N2O2Si/c1-18(2,3)13-10-11-15-14(12-13)16(20-23-7)17(22)21(15)24(8,9)19(4,5)6/h10-12H,1-9H3/b20-16-. The van der Waals surface area contributed by atoms with Gasteiger partial charge in [-0.3, -0.25) is 4.79 Å². The molecular weight excluding hydrogens is 316 g/mol. The lowest BCUT2D eigenvalue weighted by Gasteiger charge is -2.43. The van der Waals surface area contributed by atoms with Crippen molar-refractivity contribution in [1.82, 2.24) is 0 Å². The van der Waals surface area contributed by atoms with Crippen LogP contribution in [0, 0.1) is 0 Å². The minimum atomic E-state index is -2.07. The van der Waals surface area contributed by atoms with Crippen molar-refractivity contribution >= 4 is 25.5 Å². The van der Waals surface area contributed by atoms with Gasteiger partial charge in [-0.1, -0.05) is 65.9 Å². The summed E-state index contributed by atoms with van der Waals surface area (Å²) in [6, 6.07) is 6.30. The summed E-state index contributed by atoms with van der Waals surface area (Å²) in [5, 5.41) is 4.11. The molecule has 0 N–H and O–H groups in total. The van der Waals surface area contributed by atoms with Crippen molar-refractivity contribution in [3.8, 4) is 0 Å². The fourth-order valence-corrected chi connectivity index (χ4v) is 4.87. The lowest BCUT2D eigenvalue weighted by Crippen LogP contribution is -2.57. The van der Waals surface area contributed by atoms with Crippen LogP contribution in [0.3, 0.4) is 0 Å². The van der Waals surface area contributed by atoms with E-state index in [-0.39, 0.29) is 16.4 Å². The van der Waals surface area contributed by atoms with Crippen LogP contribution < -0.4 is 4.57 Å². The van der Waals surface area contributed by atoms with Crippen LogP contribution in [0.1, 0.15) is 52.7 Å². The normalized spacial score (nSPS) is 17.5. The molecule has 1 heterocycles. The van der Waals surface area contributed by atoms with E-state index in [4.69, 9.17) is 4.84 Å². The fourth-order valence-electron chi connectivity index (χ4n) is 2.79. The lowest BCUT2D eigenvalue weighted by molar-refractivity contribution is -0.111. The van der Waals surface area contributed by atoms with Gasteiger partial charge in [0, 0.05) is 11.3 Å². The molecule has 5 heteroatoms. The maximum atomic E-state index is 13.2. The van der Waals surface area contributed by atoms with Gasteiger partial charge in [0.1, 0.15) is 7.11 Å². The maximum absolute atomic E-state index is 13.2. The Morgan fingerprint density at radius 3 is 2.12 bits per heavy atom. The summed E-state index contributed by atoms with van der Waals surface area (Å²) in [6.07, 6.45) is 0. The Balaban J connectivity index is 2.70. The number of carbonyl (C=O) groups is 1. The third-order valence-electron chi connectivity index (χ3n) is 5.34. The molecule has 0 atom stereocenters. The summed E-state index contributed by atoms with van der Waals surface area (Å²) in [5.74, 6) is -0.0375. The summed E-state index contributed by atoms with van der Waals surface area (Å²) < 4.78 is 2.01. The van der Waals surface area contributed by atoms with Crippen LogP contribution in [0.5, 0.6) is 0 Å². The zero-order valence-electron chi connectivity index (χ0n) is 16.4. The number of oxime groups is 1. The van der Waals surface area contributed by atoms with Gasteiger partial charge in [0.05, 0.1) is 0 Å². The Labute approximate surface area is 147 Å². The molecule has 1 amide bonds. The lowest BCUT2D eigenvalue weighted by atomic mass is 9.86. The molecule has 24 heavy (non-hydrogen) atoms. The first-order valence-electron chi connectivity index (χ1n) is 8.43. The Bertz CT molecular complexity index is 694. The number of amides is 1. The van der Waals surface area contributed by atoms with E-state index in [2.05, 4.69) is 78.0 Å². The second-order valence-corrected chi connectivity index (χ2v) is 14.1. The number of rotatable bonds is 2. The van der Waals surface area contributed by atoms with Crippen molar-refractivity contribution in [1.29, 1.82) is 0 Å². The van der Waals surface area contributed by atoms with Crippen LogP contribution in [0.2, 0.25) is 18.1 Å². The Morgan fingerprint density at radius 1 is 1.08 bits per heavy atom. The molecule has 0 saturated carbocycles. The number of benzene rings is 1. The molecule has 0 unspecified atom stereocenters. The summed E-state index contributed by atoms with van der Waals surface area (Å²) in [6.45, 7) is 17.6. The highest BCUT2D eigenvalue weighted by molar-refractivity contribution is 6.90. The van der Waals surface area contributed by atoms with Crippen LogP contribution in [0.4, 0.5) is 5.69 Å². The highest BCUT2D eigenvalue weighted by Gasteiger charge is 2.50. The van der Waals surface area contributed by atoms with Gasteiger partial charge in [0.15, 0.2) is 13.9 Å². The Hall–Kier alpha value is -1.62. The molecule has 1 aromatic carbocycles. The average Bonchev–Trinajstić information content (AvgIpc) is 2.69. The van der Waals surface area contributed by atoms with E-state index < -0.39 is 8.24 Å². The number of carbonyl (C=O) groups excluding carboxylic acids is 1. The summed E-state index contributed by atoms with van der Waals surface area (Å²) in [7, 11) is -0.584. The molecule has 0 aromatic heterocycles. The van der Waals surface area contributed by atoms with Crippen LogP contribution >= 0.6 is 0 Å². The first-order valence-corrected chi connectivity index (χ1v) is 11.4. The predicted octanol–water partition coefficient (Wildman–Crippen LogP) is 4.69. The third-order valence-corrected chi connectivity index (χ3v) is 10.6. The Kier molecular flexibility index (Phi) is 4.46. The smallest absolute Gasteiger partial charge is 0.273 e. The van der Waals surface area contributed by atoms with E-state index in [0.717, 1.165) is 11.3 Å². The molecule has 0 spiro atoms. The van der Waals surface area contributed by atoms with Crippen molar-refractivity contribution in [3.05, 3.63) is 29.3 Å². The fraction of sp³-hybridized carbons (Fsp3) is 0.579. The van der Waals surface area contributed by atoms with Crippen molar-refractivity contribution in [2.45, 2.75) is 65.1 Å². The predicted molar refractivity (Wildman–Crippen MR) is 103 cm³/mol. The topological polar surface area (TPSA) is 41.9 Å². The number of hydrogen-bond donors (Lipinski definition) is 0. The van der Waals surface area contributed by atoms with Gasteiger partial charge < -0.3 is 9.40 Å². The van der Waals surface area contributed by atoms with E-state index in [9.17, 15) is 4.79 Å². The number of anilines is 1. The molecule has 4 nitrogen and oxygen atoms in total. The molecule has 2 rings (SSSR count). The molecule has 132 valence electrons. The van der Waals surface area contributed by atoms with Gasteiger partial charge in [-0.25, -0.2) is 0 Å². The van der Waals surface area contributed by atoms with Gasteiger partial charge in [-0.2, -0.15) is 0 Å². The molecule has 1 aliphatic heterocycles. The number of nitrogens with zero attached hydrogens (tertiary/aromatic N) is 2. The molecule has 0 fully saturated rings. The molecule has 0 radical (unpaired) electrons. The summed E-state index contributed by atoms with van der Waals surface area (Å²) in [5.41, 5.74) is 3.48. The van der Waals surface area contributed by atoms with E-state index in [0.29, 0.717) is 5.71 Å². The van der Waals surface area contributed by atoms with Crippen LogP contribution in [-0.2, 0) is 15.0 Å². The minimum absolute atomic E-state index is 0.0145. The molecule has 0 aliphatic carbocycles. The highest BCUT2D eigenvalue weighted by atomic mass is 28.3. The van der Waals surface area contributed by atoms with E-state index in [1.807, 2.05) is 4.57 Å². The first-order chi connectivity index (χ1) is 10.8. The first kappa shape index (κ1) is 18.7. The molecular formula is C19H30N2O2Si. The van der Waals surface area contributed by atoms with Crippen LogP contribution in [-0.4, -0.2) is 27.0 Å². The summed E-state index contributed by atoms with van der Waals surface area (Å²) >= 11 is 0. The van der Waals surface area contributed by atoms with Crippen molar-refractivity contribution < 1.29 is 9.63 Å². The number of fused-ring (bicyclic) bond motifs is 1. The monoisotopic (exact) mass is 346 g/mol. The van der Waals surface area contributed by atoms with Crippen LogP contribution in [0.15, 0.2) is 23.4 Å². The highest BCUT2D eigenvalue weighted by Crippen LogP contribution is 2.45. The van der Waals surface area contributed by atoms with Gasteiger partial charge >= 0.3 is 0 Å². The maximum Gasteiger partial charge on any atom is 0.273 e. The third kappa shape index (κ3) is 2.90. The molecule has 1 aliphatic rings. The second kappa shape index (κ2) is 5.72. The van der Waals surface area contributed by atoms with E-state index in [1.54, 1.807) is 0 Å². The summed E-state index contributed by atoms with van der Waals surface area (Å²) in [4.78, 5) is 18.1. The minimum Gasteiger partial charge on any atom is -0.398 e.